The monoisotopic (exact) mass is 494 g/mol. The van der Waals surface area contributed by atoms with Crippen LogP contribution in [0.3, 0.4) is 0 Å². The summed E-state index contributed by atoms with van der Waals surface area (Å²) in [4.78, 5) is 41.7. The summed E-state index contributed by atoms with van der Waals surface area (Å²) in [5.74, 6) is -0.606. The molecule has 30 heavy (non-hydrogen) atoms. The van der Waals surface area contributed by atoms with Gasteiger partial charge in [0.2, 0.25) is 11.0 Å². The molecule has 4 aromatic rings. The molecule has 0 atom stereocenters. The van der Waals surface area contributed by atoms with Gasteiger partial charge in [0.05, 0.1) is 13.2 Å². The molecule has 0 aliphatic rings. The van der Waals surface area contributed by atoms with Crippen molar-refractivity contribution in [3.63, 3.8) is 0 Å². The largest absolute Gasteiger partial charge is 0.460 e. The summed E-state index contributed by atoms with van der Waals surface area (Å²) >= 11 is 9.76. The molecule has 3 aromatic heterocycles. The van der Waals surface area contributed by atoms with Gasteiger partial charge in [0.25, 0.3) is 5.56 Å². The van der Waals surface area contributed by atoms with E-state index in [4.69, 9.17) is 20.8 Å². The predicted octanol–water partition coefficient (Wildman–Crippen LogP) is 2.82. The topological polar surface area (TPSA) is 101 Å². The fraction of sp³-hybridized carbons (Fsp3) is 0.263. The molecular formula is C19H16BrClN4O5. The highest BCUT2D eigenvalue weighted by atomic mass is 79.9. The molecule has 0 N–H and O–H groups in total. The smallest absolute Gasteiger partial charge is 0.374 e. The first-order chi connectivity index (χ1) is 14.2. The van der Waals surface area contributed by atoms with Crippen molar-refractivity contribution in [2.24, 2.45) is 14.1 Å². The summed E-state index contributed by atoms with van der Waals surface area (Å²) < 4.78 is 15.3. The van der Waals surface area contributed by atoms with E-state index in [-0.39, 0.29) is 35.4 Å². The van der Waals surface area contributed by atoms with Crippen molar-refractivity contribution in [2.75, 3.05) is 6.61 Å². The van der Waals surface area contributed by atoms with Gasteiger partial charge < -0.3 is 13.7 Å². The van der Waals surface area contributed by atoms with Crippen LogP contribution in [0.1, 0.15) is 23.0 Å². The maximum absolute atomic E-state index is 12.8. The lowest BCUT2D eigenvalue weighted by Crippen LogP contribution is -2.37. The van der Waals surface area contributed by atoms with Crippen LogP contribution in [-0.2, 0) is 25.4 Å². The van der Waals surface area contributed by atoms with Gasteiger partial charge >= 0.3 is 11.7 Å². The molecule has 0 aliphatic carbocycles. The molecule has 0 aliphatic heterocycles. The van der Waals surface area contributed by atoms with E-state index in [9.17, 15) is 14.4 Å². The van der Waals surface area contributed by atoms with E-state index in [1.165, 1.54) is 23.2 Å². The zero-order chi connectivity index (χ0) is 21.7. The van der Waals surface area contributed by atoms with Gasteiger partial charge in [-0.05, 0) is 36.7 Å². The summed E-state index contributed by atoms with van der Waals surface area (Å²) in [6.45, 7) is 1.89. The van der Waals surface area contributed by atoms with Crippen LogP contribution in [0.4, 0.5) is 0 Å². The van der Waals surface area contributed by atoms with E-state index in [0.717, 1.165) is 9.04 Å². The zero-order valence-electron chi connectivity index (χ0n) is 16.2. The quantitative estimate of drug-likeness (QED) is 0.319. The first kappa shape index (κ1) is 20.4. The molecular weight excluding hydrogens is 480 g/mol. The molecule has 11 heteroatoms. The zero-order valence-corrected chi connectivity index (χ0v) is 18.6. The number of imidazole rings is 1. The molecule has 0 spiro atoms. The summed E-state index contributed by atoms with van der Waals surface area (Å²) in [5.41, 5.74) is 0.209. The van der Waals surface area contributed by atoms with Crippen LogP contribution in [0, 0.1) is 0 Å². The number of rotatable bonds is 4. The third-order valence-corrected chi connectivity index (χ3v) is 5.61. The molecule has 9 nitrogen and oxygen atoms in total. The number of carbonyl (C=O) groups excluding carboxylic acids is 1. The van der Waals surface area contributed by atoms with E-state index >= 15 is 0 Å². The van der Waals surface area contributed by atoms with Gasteiger partial charge in [-0.1, -0.05) is 15.9 Å². The van der Waals surface area contributed by atoms with E-state index in [2.05, 4.69) is 20.9 Å². The van der Waals surface area contributed by atoms with E-state index in [1.807, 2.05) is 0 Å². The highest BCUT2D eigenvalue weighted by Gasteiger charge is 2.25. The lowest BCUT2D eigenvalue weighted by atomic mass is 10.1. The molecule has 0 saturated heterocycles. The van der Waals surface area contributed by atoms with Crippen molar-refractivity contribution in [3.8, 4) is 0 Å². The summed E-state index contributed by atoms with van der Waals surface area (Å²) in [7, 11) is 2.88. The second-order valence-corrected chi connectivity index (χ2v) is 7.87. The number of carbonyl (C=O) groups is 1. The normalized spacial score (nSPS) is 11.5. The SMILES string of the molecule is CCOC(=O)c1oc2ccc(Br)cc2c1Cn1c(Cl)nc2c1c(=O)n(C)c(=O)n2C. The standard InChI is InChI=1S/C19H16BrClN4O5/c1-4-29-17(27)14-11(10-7-9(20)5-6-12(10)30-14)8-25-13-15(22-18(25)21)23(2)19(28)24(3)16(13)26/h5-7H,4,8H2,1-3H3. The van der Waals surface area contributed by atoms with Gasteiger partial charge in [0.15, 0.2) is 11.2 Å². The van der Waals surface area contributed by atoms with Crippen LogP contribution >= 0.6 is 27.5 Å². The van der Waals surface area contributed by atoms with E-state index in [1.54, 1.807) is 25.1 Å². The maximum Gasteiger partial charge on any atom is 0.374 e. The van der Waals surface area contributed by atoms with Crippen molar-refractivity contribution in [3.05, 3.63) is 60.1 Å². The first-order valence-electron chi connectivity index (χ1n) is 8.94. The Morgan fingerprint density at radius 1 is 1.27 bits per heavy atom. The summed E-state index contributed by atoms with van der Waals surface area (Å²) in [6, 6.07) is 5.31. The number of nitrogens with zero attached hydrogens (tertiary/aromatic N) is 4. The minimum absolute atomic E-state index is 0.00227. The second kappa shape index (κ2) is 7.44. The number of aromatic nitrogens is 4. The van der Waals surface area contributed by atoms with Crippen molar-refractivity contribution in [1.29, 1.82) is 0 Å². The fourth-order valence-corrected chi connectivity index (χ4v) is 3.95. The first-order valence-corrected chi connectivity index (χ1v) is 10.1. The average molecular weight is 496 g/mol. The third-order valence-electron chi connectivity index (χ3n) is 4.83. The molecule has 0 saturated carbocycles. The number of esters is 1. The predicted molar refractivity (Wildman–Crippen MR) is 114 cm³/mol. The van der Waals surface area contributed by atoms with Crippen LogP contribution in [0.15, 0.2) is 36.7 Å². The van der Waals surface area contributed by atoms with Crippen LogP contribution in [0.25, 0.3) is 22.1 Å². The Bertz CT molecular complexity index is 1450. The lowest BCUT2D eigenvalue weighted by Gasteiger charge is -2.08. The van der Waals surface area contributed by atoms with E-state index in [0.29, 0.717) is 16.5 Å². The van der Waals surface area contributed by atoms with Crippen molar-refractivity contribution in [1.82, 2.24) is 18.7 Å². The molecule has 3 heterocycles. The van der Waals surface area contributed by atoms with Crippen LogP contribution < -0.4 is 11.2 Å². The number of furan rings is 1. The number of halogens is 2. The second-order valence-electron chi connectivity index (χ2n) is 6.62. The molecule has 0 bridgehead atoms. The minimum Gasteiger partial charge on any atom is -0.460 e. The van der Waals surface area contributed by atoms with Gasteiger partial charge in [0.1, 0.15) is 5.58 Å². The molecule has 4 rings (SSSR count). The molecule has 156 valence electrons. The number of aryl methyl sites for hydroxylation is 1. The van der Waals surface area contributed by atoms with Gasteiger partial charge in [0, 0.05) is 29.5 Å². The average Bonchev–Trinajstić information content (AvgIpc) is 3.23. The van der Waals surface area contributed by atoms with Crippen LogP contribution in [0.5, 0.6) is 0 Å². The Hall–Kier alpha value is -2.85. The minimum atomic E-state index is -0.624. The van der Waals surface area contributed by atoms with E-state index < -0.39 is 17.2 Å². The Kier molecular flexibility index (Phi) is 5.07. The Morgan fingerprint density at radius 2 is 2.00 bits per heavy atom. The number of ether oxygens (including phenoxy) is 1. The van der Waals surface area contributed by atoms with Crippen LogP contribution in [-0.4, -0.2) is 31.3 Å². The highest BCUT2D eigenvalue weighted by Crippen LogP contribution is 2.31. The van der Waals surface area contributed by atoms with Crippen molar-refractivity contribution in [2.45, 2.75) is 13.5 Å². The number of hydrogen-bond donors (Lipinski definition) is 0. The van der Waals surface area contributed by atoms with Crippen molar-refractivity contribution >= 4 is 55.6 Å². The number of fused-ring (bicyclic) bond motifs is 2. The van der Waals surface area contributed by atoms with Gasteiger partial charge in [-0.3, -0.25) is 13.9 Å². The lowest BCUT2D eigenvalue weighted by molar-refractivity contribution is 0.0491. The van der Waals surface area contributed by atoms with Gasteiger partial charge in [-0.25, -0.2) is 9.59 Å². The Morgan fingerprint density at radius 3 is 2.70 bits per heavy atom. The molecule has 0 amide bonds. The fourth-order valence-electron chi connectivity index (χ4n) is 3.36. The molecule has 0 radical (unpaired) electrons. The molecule has 0 unspecified atom stereocenters. The summed E-state index contributed by atoms with van der Waals surface area (Å²) in [6.07, 6.45) is 0. The number of hydrogen-bond acceptors (Lipinski definition) is 6. The molecule has 0 fully saturated rings. The number of benzene rings is 1. The Balaban J connectivity index is 2.01. The van der Waals surface area contributed by atoms with Gasteiger partial charge in [-0.2, -0.15) is 4.98 Å². The Labute approximate surface area is 182 Å². The maximum atomic E-state index is 12.8. The van der Waals surface area contributed by atoms with Crippen LogP contribution in [0.2, 0.25) is 5.28 Å². The molecule has 1 aromatic carbocycles. The highest BCUT2D eigenvalue weighted by molar-refractivity contribution is 9.10. The third kappa shape index (κ3) is 3.07. The van der Waals surface area contributed by atoms with Crippen molar-refractivity contribution < 1.29 is 13.9 Å². The summed E-state index contributed by atoms with van der Waals surface area (Å²) in [5, 5.41) is 0.662. The van der Waals surface area contributed by atoms with Gasteiger partial charge in [-0.15, -0.1) is 0 Å².